The maximum absolute atomic E-state index is 13.3. The minimum Gasteiger partial charge on any atom is -0.489 e. The second-order valence-electron chi connectivity index (χ2n) is 11.5. The first-order valence-electron chi connectivity index (χ1n) is 15.4. The zero-order chi connectivity index (χ0) is 29.6. The van der Waals surface area contributed by atoms with Crippen LogP contribution < -0.4 is 10.1 Å². The minimum atomic E-state index is -0.189. The van der Waals surface area contributed by atoms with Crippen molar-refractivity contribution in [2.75, 3.05) is 13.1 Å². The molecule has 0 saturated heterocycles. The normalized spacial score (nSPS) is 17.2. The van der Waals surface area contributed by atoms with Gasteiger partial charge in [-0.2, -0.15) is 5.26 Å². The molecule has 6 heteroatoms. The predicted molar refractivity (Wildman–Crippen MR) is 165 cm³/mol. The summed E-state index contributed by atoms with van der Waals surface area (Å²) in [5.74, 6) is 1.68. The van der Waals surface area contributed by atoms with E-state index in [9.17, 15) is 9.59 Å². The number of hydrogen-bond donors (Lipinski definition) is 1. The molecule has 42 heavy (non-hydrogen) atoms. The third kappa shape index (κ3) is 10.2. The smallest absolute Gasteiger partial charge is 0.141 e. The van der Waals surface area contributed by atoms with E-state index >= 15 is 0 Å². The fraction of sp³-hybridized carbons (Fsp3) is 0.444. The first-order chi connectivity index (χ1) is 20.5. The molecule has 1 aliphatic rings. The van der Waals surface area contributed by atoms with Gasteiger partial charge in [0.25, 0.3) is 0 Å². The lowest BCUT2D eigenvalue weighted by atomic mass is 9.84. The van der Waals surface area contributed by atoms with E-state index in [1.54, 1.807) is 13.1 Å². The molecule has 0 amide bonds. The molecular formula is C36H43N3O3. The van der Waals surface area contributed by atoms with Crippen molar-refractivity contribution in [3.05, 3.63) is 95.3 Å². The number of carbonyl (C=O) groups is 2. The molecule has 4 rings (SSSR count). The Bertz CT molecular complexity index is 1300. The summed E-state index contributed by atoms with van der Waals surface area (Å²) in [6.07, 6.45) is 10.8. The van der Waals surface area contributed by atoms with Crippen LogP contribution in [0, 0.1) is 17.2 Å². The lowest BCUT2D eigenvalue weighted by molar-refractivity contribution is -0.120. The van der Waals surface area contributed by atoms with Crippen LogP contribution in [0.2, 0.25) is 0 Å². The number of aryl methyl sites for hydroxylation is 1. The van der Waals surface area contributed by atoms with Gasteiger partial charge in [0.2, 0.25) is 0 Å². The highest BCUT2D eigenvalue weighted by molar-refractivity contribution is 5.86. The number of Topliss-reactive ketones (excluding diaryl/α,β-unsaturated/α-hetero) is 2. The van der Waals surface area contributed by atoms with Crippen LogP contribution in [0.4, 0.5) is 0 Å². The van der Waals surface area contributed by atoms with Gasteiger partial charge in [0.1, 0.15) is 17.3 Å². The van der Waals surface area contributed by atoms with Crippen molar-refractivity contribution in [1.29, 1.82) is 5.26 Å². The van der Waals surface area contributed by atoms with Crippen LogP contribution in [0.1, 0.15) is 86.6 Å². The van der Waals surface area contributed by atoms with Gasteiger partial charge in [-0.25, -0.2) is 0 Å². The number of benzene rings is 2. The van der Waals surface area contributed by atoms with Crippen molar-refractivity contribution in [2.45, 2.75) is 83.2 Å². The van der Waals surface area contributed by atoms with Crippen LogP contribution in [-0.2, 0) is 22.4 Å². The lowest BCUT2D eigenvalue weighted by Crippen LogP contribution is -2.28. The van der Waals surface area contributed by atoms with Crippen molar-refractivity contribution < 1.29 is 14.3 Å². The molecule has 3 atom stereocenters. The lowest BCUT2D eigenvalue weighted by Gasteiger charge is -2.29. The highest BCUT2D eigenvalue weighted by Crippen LogP contribution is 2.30. The van der Waals surface area contributed by atoms with Crippen molar-refractivity contribution in [2.24, 2.45) is 5.92 Å². The molecule has 0 radical (unpaired) electrons. The Kier molecular flexibility index (Phi) is 12.3. The Labute approximate surface area is 250 Å². The number of rotatable bonds is 16. The SMILES string of the molecule is CC(=O)CCC1CCC[C@@H](Oc2ccc(CCCC(=O)C(CNCCc3ccc(C#N)cc3)c3ccccc3)nc2)C1. The maximum Gasteiger partial charge on any atom is 0.141 e. The van der Waals surface area contributed by atoms with Gasteiger partial charge in [0.15, 0.2) is 0 Å². The Balaban J connectivity index is 1.22. The summed E-state index contributed by atoms with van der Waals surface area (Å²) in [6, 6.07) is 23.8. The molecule has 0 spiro atoms. The van der Waals surface area contributed by atoms with Gasteiger partial charge in [-0.05, 0) is 99.7 Å². The number of aromatic nitrogens is 1. The van der Waals surface area contributed by atoms with Gasteiger partial charge < -0.3 is 14.8 Å². The predicted octanol–water partition coefficient (Wildman–Crippen LogP) is 6.77. The molecule has 1 fully saturated rings. The number of pyridine rings is 1. The van der Waals surface area contributed by atoms with E-state index in [-0.39, 0.29) is 23.6 Å². The molecule has 1 aliphatic carbocycles. The monoisotopic (exact) mass is 565 g/mol. The summed E-state index contributed by atoms with van der Waals surface area (Å²) >= 11 is 0. The number of nitriles is 1. The van der Waals surface area contributed by atoms with Gasteiger partial charge in [-0.15, -0.1) is 0 Å². The molecule has 1 saturated carbocycles. The number of ether oxygens (including phenoxy) is 1. The summed E-state index contributed by atoms with van der Waals surface area (Å²) in [4.78, 5) is 29.3. The Morgan fingerprint density at radius 1 is 1.02 bits per heavy atom. The molecule has 2 unspecified atom stereocenters. The van der Waals surface area contributed by atoms with Gasteiger partial charge in [-0.3, -0.25) is 9.78 Å². The number of ketones is 2. The van der Waals surface area contributed by atoms with Crippen molar-refractivity contribution in [3.8, 4) is 11.8 Å². The van der Waals surface area contributed by atoms with E-state index in [1.807, 2.05) is 66.7 Å². The highest BCUT2D eigenvalue weighted by atomic mass is 16.5. The molecule has 2 aromatic carbocycles. The van der Waals surface area contributed by atoms with E-state index in [4.69, 9.17) is 10.00 Å². The number of nitrogens with zero attached hydrogens (tertiary/aromatic N) is 2. The van der Waals surface area contributed by atoms with E-state index < -0.39 is 0 Å². The van der Waals surface area contributed by atoms with Gasteiger partial charge in [0.05, 0.1) is 29.9 Å². The summed E-state index contributed by atoms with van der Waals surface area (Å²) in [5.41, 5.74) is 3.84. The Morgan fingerprint density at radius 3 is 2.55 bits per heavy atom. The third-order valence-electron chi connectivity index (χ3n) is 8.21. The second kappa shape index (κ2) is 16.6. The number of nitrogens with one attached hydrogen (secondary N) is 1. The zero-order valence-electron chi connectivity index (χ0n) is 24.8. The first-order valence-corrected chi connectivity index (χ1v) is 15.4. The van der Waals surface area contributed by atoms with E-state index in [2.05, 4.69) is 16.4 Å². The van der Waals surface area contributed by atoms with Gasteiger partial charge >= 0.3 is 0 Å². The molecule has 1 heterocycles. The zero-order valence-corrected chi connectivity index (χ0v) is 24.8. The fourth-order valence-corrected chi connectivity index (χ4v) is 5.79. The molecule has 220 valence electrons. The van der Waals surface area contributed by atoms with Crippen LogP contribution >= 0.6 is 0 Å². The quantitative estimate of drug-likeness (QED) is 0.193. The highest BCUT2D eigenvalue weighted by Gasteiger charge is 2.24. The summed E-state index contributed by atoms with van der Waals surface area (Å²) < 4.78 is 6.23. The average molecular weight is 566 g/mol. The second-order valence-corrected chi connectivity index (χ2v) is 11.5. The minimum absolute atomic E-state index is 0.189. The average Bonchev–Trinajstić information content (AvgIpc) is 3.02. The molecule has 3 aromatic rings. The summed E-state index contributed by atoms with van der Waals surface area (Å²) in [6.45, 7) is 3.03. The van der Waals surface area contributed by atoms with Crippen LogP contribution in [0.5, 0.6) is 5.75 Å². The number of carbonyl (C=O) groups excluding carboxylic acids is 2. The summed E-state index contributed by atoms with van der Waals surface area (Å²) in [7, 11) is 0. The van der Waals surface area contributed by atoms with E-state index in [1.165, 1.54) is 12.0 Å². The molecular weight excluding hydrogens is 522 g/mol. The molecule has 0 aliphatic heterocycles. The van der Waals surface area contributed by atoms with E-state index in [0.29, 0.717) is 30.9 Å². The van der Waals surface area contributed by atoms with E-state index in [0.717, 1.165) is 68.5 Å². The summed E-state index contributed by atoms with van der Waals surface area (Å²) in [5, 5.41) is 12.5. The van der Waals surface area contributed by atoms with Crippen LogP contribution in [0.15, 0.2) is 72.9 Å². The third-order valence-corrected chi connectivity index (χ3v) is 8.21. The van der Waals surface area contributed by atoms with Crippen molar-refractivity contribution in [3.63, 3.8) is 0 Å². The van der Waals surface area contributed by atoms with Crippen LogP contribution in [0.25, 0.3) is 0 Å². The van der Waals surface area contributed by atoms with Crippen LogP contribution in [0.3, 0.4) is 0 Å². The fourth-order valence-electron chi connectivity index (χ4n) is 5.79. The standard InChI is InChI=1S/C36H43N3O3/c1-27(40)13-14-29-7-5-11-33(23-29)42-34-20-19-32(39-25-34)10-6-12-36(41)35(31-8-3-2-4-9-31)26-38-22-21-28-15-17-30(24-37)18-16-28/h2-4,8-9,15-20,25,29,33,35,38H,5-7,10-14,21-23,26H2,1H3/t29?,33-,35?/m1/s1. The van der Waals surface area contributed by atoms with Gasteiger partial charge in [0, 0.05) is 25.1 Å². The largest absolute Gasteiger partial charge is 0.489 e. The number of hydrogen-bond acceptors (Lipinski definition) is 6. The Morgan fingerprint density at radius 2 is 1.83 bits per heavy atom. The van der Waals surface area contributed by atoms with Gasteiger partial charge in [-0.1, -0.05) is 48.9 Å². The van der Waals surface area contributed by atoms with Crippen LogP contribution in [-0.4, -0.2) is 35.7 Å². The molecule has 0 bridgehead atoms. The van der Waals surface area contributed by atoms with Crippen molar-refractivity contribution >= 4 is 11.6 Å². The maximum atomic E-state index is 13.3. The topological polar surface area (TPSA) is 92.1 Å². The van der Waals surface area contributed by atoms with Crippen molar-refractivity contribution in [1.82, 2.24) is 10.3 Å². The first kappa shape index (κ1) is 31.1. The molecule has 1 N–H and O–H groups in total. The Hall–Kier alpha value is -3.82. The molecule has 1 aromatic heterocycles. The molecule has 6 nitrogen and oxygen atoms in total.